The zero-order valence-electron chi connectivity index (χ0n) is 14.3. The van der Waals surface area contributed by atoms with E-state index < -0.39 is 9.84 Å². The summed E-state index contributed by atoms with van der Waals surface area (Å²) in [6.45, 7) is 0.946. The predicted molar refractivity (Wildman–Crippen MR) is 95.5 cm³/mol. The third kappa shape index (κ3) is 4.13. The number of sulfone groups is 1. The maximum Gasteiger partial charge on any atom is 0.289 e. The second-order valence-corrected chi connectivity index (χ2v) is 8.35. The Hall–Kier alpha value is -2.61. The molecule has 0 unspecified atom stereocenters. The Kier molecular flexibility index (Phi) is 5.13. The van der Waals surface area contributed by atoms with Gasteiger partial charge in [0, 0.05) is 31.0 Å². The molecule has 1 aliphatic heterocycles. The number of piperidine rings is 1. The molecule has 2 amide bonds. The smallest absolute Gasteiger partial charge is 0.289 e. The van der Waals surface area contributed by atoms with Crippen molar-refractivity contribution in [2.45, 2.75) is 17.7 Å². The molecule has 138 valence electrons. The lowest BCUT2D eigenvalue weighted by molar-refractivity contribution is -0.121. The standard InChI is InChI=1S/C18H20N2O5S/c1-26(23,24)15-5-2-4-14(12-15)19-17(21)13-7-9-20(10-8-13)18(22)16-6-3-11-25-16/h2-6,11-13H,7-10H2,1H3,(H,19,21). The Morgan fingerprint density at radius 1 is 1.15 bits per heavy atom. The molecule has 8 heteroatoms. The number of benzene rings is 1. The van der Waals surface area contributed by atoms with Crippen molar-refractivity contribution in [1.82, 2.24) is 4.90 Å². The number of rotatable bonds is 4. The molecule has 0 aliphatic carbocycles. The minimum atomic E-state index is -3.33. The van der Waals surface area contributed by atoms with E-state index in [4.69, 9.17) is 4.42 Å². The van der Waals surface area contributed by atoms with E-state index in [1.54, 1.807) is 29.2 Å². The number of likely N-dealkylation sites (tertiary alicyclic amines) is 1. The number of hydrogen-bond acceptors (Lipinski definition) is 5. The number of nitrogens with one attached hydrogen (secondary N) is 1. The molecule has 26 heavy (non-hydrogen) atoms. The van der Waals surface area contributed by atoms with Crippen LogP contribution in [0.2, 0.25) is 0 Å². The van der Waals surface area contributed by atoms with Crippen LogP contribution < -0.4 is 5.32 Å². The fourth-order valence-corrected chi connectivity index (χ4v) is 3.62. The zero-order valence-corrected chi connectivity index (χ0v) is 15.2. The average molecular weight is 376 g/mol. The van der Waals surface area contributed by atoms with E-state index >= 15 is 0 Å². The van der Waals surface area contributed by atoms with Crippen molar-refractivity contribution in [2.75, 3.05) is 24.7 Å². The Morgan fingerprint density at radius 3 is 2.50 bits per heavy atom. The van der Waals surface area contributed by atoms with Crippen LogP contribution in [-0.2, 0) is 14.6 Å². The molecule has 1 N–H and O–H groups in total. The van der Waals surface area contributed by atoms with E-state index in [-0.39, 0.29) is 22.6 Å². The molecule has 0 bridgehead atoms. The predicted octanol–water partition coefficient (Wildman–Crippen LogP) is 2.17. The third-order valence-corrected chi connectivity index (χ3v) is 5.52. The fraction of sp³-hybridized carbons (Fsp3) is 0.333. The van der Waals surface area contributed by atoms with Gasteiger partial charge in [0.15, 0.2) is 15.6 Å². The first-order valence-electron chi connectivity index (χ1n) is 8.28. The van der Waals surface area contributed by atoms with Gasteiger partial charge in [0.1, 0.15) is 0 Å². The van der Waals surface area contributed by atoms with Crippen LogP contribution in [0.1, 0.15) is 23.4 Å². The lowest BCUT2D eigenvalue weighted by atomic mass is 9.95. The summed E-state index contributed by atoms with van der Waals surface area (Å²) in [5, 5.41) is 2.77. The van der Waals surface area contributed by atoms with E-state index in [0.717, 1.165) is 6.26 Å². The van der Waals surface area contributed by atoms with Crippen LogP contribution in [0.5, 0.6) is 0 Å². The number of furan rings is 1. The van der Waals surface area contributed by atoms with Gasteiger partial charge in [0.2, 0.25) is 5.91 Å². The van der Waals surface area contributed by atoms with Crippen LogP contribution in [0.3, 0.4) is 0 Å². The summed E-state index contributed by atoms with van der Waals surface area (Å²) >= 11 is 0. The molecule has 1 saturated heterocycles. The fourth-order valence-electron chi connectivity index (χ4n) is 2.95. The number of anilines is 1. The molecule has 0 radical (unpaired) electrons. The summed E-state index contributed by atoms with van der Waals surface area (Å²) in [6, 6.07) is 9.47. The highest BCUT2D eigenvalue weighted by Gasteiger charge is 2.28. The van der Waals surface area contributed by atoms with Crippen LogP contribution in [0.25, 0.3) is 0 Å². The van der Waals surface area contributed by atoms with Crippen LogP contribution in [0, 0.1) is 5.92 Å². The van der Waals surface area contributed by atoms with Crippen molar-refractivity contribution in [1.29, 1.82) is 0 Å². The second kappa shape index (κ2) is 7.33. The number of hydrogen-bond donors (Lipinski definition) is 1. The topological polar surface area (TPSA) is 96.7 Å². The molecule has 1 aliphatic rings. The number of carbonyl (C=O) groups is 2. The molecule has 1 aromatic carbocycles. The van der Waals surface area contributed by atoms with Gasteiger partial charge in [0.25, 0.3) is 5.91 Å². The SMILES string of the molecule is CS(=O)(=O)c1cccc(NC(=O)C2CCN(C(=O)c3ccco3)CC2)c1. The van der Waals surface area contributed by atoms with Gasteiger partial charge in [-0.05, 0) is 43.2 Å². The molecule has 3 rings (SSSR count). The normalized spacial score (nSPS) is 15.7. The van der Waals surface area contributed by atoms with Gasteiger partial charge >= 0.3 is 0 Å². The Bertz CT molecular complexity index is 897. The summed E-state index contributed by atoms with van der Waals surface area (Å²) in [4.78, 5) is 26.5. The molecule has 7 nitrogen and oxygen atoms in total. The van der Waals surface area contributed by atoms with Gasteiger partial charge in [-0.3, -0.25) is 9.59 Å². The summed E-state index contributed by atoms with van der Waals surface area (Å²) in [5.41, 5.74) is 0.451. The van der Waals surface area contributed by atoms with Crippen LogP contribution >= 0.6 is 0 Å². The van der Waals surface area contributed by atoms with Crippen molar-refractivity contribution in [2.24, 2.45) is 5.92 Å². The molecule has 2 heterocycles. The summed E-state index contributed by atoms with van der Waals surface area (Å²) in [7, 11) is -3.33. The van der Waals surface area contributed by atoms with Gasteiger partial charge < -0.3 is 14.6 Å². The van der Waals surface area contributed by atoms with Crippen LogP contribution in [0.15, 0.2) is 52.0 Å². The maximum atomic E-state index is 12.5. The largest absolute Gasteiger partial charge is 0.459 e. The lowest BCUT2D eigenvalue weighted by Gasteiger charge is -2.30. The van der Waals surface area contributed by atoms with Crippen LogP contribution in [-0.4, -0.2) is 44.5 Å². The minimum Gasteiger partial charge on any atom is -0.459 e. The molecular weight excluding hydrogens is 356 g/mol. The van der Waals surface area contributed by atoms with Gasteiger partial charge in [-0.1, -0.05) is 6.07 Å². The van der Waals surface area contributed by atoms with Gasteiger partial charge in [-0.15, -0.1) is 0 Å². The van der Waals surface area contributed by atoms with Crippen molar-refractivity contribution in [3.63, 3.8) is 0 Å². The van der Waals surface area contributed by atoms with E-state index in [2.05, 4.69) is 5.32 Å². The number of carbonyl (C=O) groups excluding carboxylic acids is 2. The number of nitrogens with zero attached hydrogens (tertiary/aromatic N) is 1. The minimum absolute atomic E-state index is 0.161. The first-order chi connectivity index (χ1) is 12.3. The summed E-state index contributed by atoms with van der Waals surface area (Å²) < 4.78 is 28.3. The zero-order chi connectivity index (χ0) is 18.7. The van der Waals surface area contributed by atoms with E-state index in [1.807, 2.05) is 0 Å². The molecule has 0 saturated carbocycles. The van der Waals surface area contributed by atoms with Gasteiger partial charge in [-0.2, -0.15) is 0 Å². The van der Waals surface area contributed by atoms with Crippen LogP contribution in [0.4, 0.5) is 5.69 Å². The van der Waals surface area contributed by atoms with E-state index in [9.17, 15) is 18.0 Å². The highest BCUT2D eigenvalue weighted by Crippen LogP contribution is 2.22. The first-order valence-corrected chi connectivity index (χ1v) is 10.2. The Labute approximate surface area is 151 Å². The van der Waals surface area contributed by atoms with E-state index in [0.29, 0.717) is 37.4 Å². The van der Waals surface area contributed by atoms with Crippen molar-refractivity contribution >= 4 is 27.3 Å². The molecular formula is C18H20N2O5S. The molecule has 2 aromatic rings. The summed E-state index contributed by atoms with van der Waals surface area (Å²) in [6.07, 6.45) is 3.67. The molecule has 1 fully saturated rings. The average Bonchev–Trinajstić information content (AvgIpc) is 3.15. The highest BCUT2D eigenvalue weighted by atomic mass is 32.2. The van der Waals surface area contributed by atoms with E-state index in [1.165, 1.54) is 18.4 Å². The first kappa shape index (κ1) is 18.2. The molecule has 0 spiro atoms. The molecule has 1 aromatic heterocycles. The monoisotopic (exact) mass is 376 g/mol. The van der Waals surface area contributed by atoms with Crippen molar-refractivity contribution in [3.8, 4) is 0 Å². The maximum absolute atomic E-state index is 12.5. The number of amides is 2. The quantitative estimate of drug-likeness (QED) is 0.882. The van der Waals surface area contributed by atoms with Crippen molar-refractivity contribution < 1.29 is 22.4 Å². The van der Waals surface area contributed by atoms with Gasteiger partial charge in [0.05, 0.1) is 11.2 Å². The molecule has 0 atom stereocenters. The third-order valence-electron chi connectivity index (χ3n) is 4.41. The van der Waals surface area contributed by atoms with Gasteiger partial charge in [-0.25, -0.2) is 8.42 Å². The highest BCUT2D eigenvalue weighted by molar-refractivity contribution is 7.90. The lowest BCUT2D eigenvalue weighted by Crippen LogP contribution is -2.41. The second-order valence-electron chi connectivity index (χ2n) is 6.33. The Morgan fingerprint density at radius 2 is 1.88 bits per heavy atom. The summed E-state index contributed by atoms with van der Waals surface area (Å²) in [5.74, 6) is -0.265. The van der Waals surface area contributed by atoms with Crippen molar-refractivity contribution in [3.05, 3.63) is 48.4 Å². The Balaban J connectivity index is 1.58.